The predicted molar refractivity (Wildman–Crippen MR) is 145 cm³/mol. The molecule has 2 aromatic carbocycles. The molecular weight excluding hydrogens is 506 g/mol. The predicted octanol–water partition coefficient (Wildman–Crippen LogP) is 3.78. The standard InChI is InChI=1S/C28H31N3O8/c1-34-20-14-18-19(15-21(20)35-2)27(32)31(10-7-9-30-11-8-29-16-30)25(28(33)39-6)24(18)17-12-22(36-3)26(38-5)23(13-17)37-4/h8,11-16H,7,9-10H2,1-6H3. The van der Waals surface area contributed by atoms with E-state index in [1.807, 2.05) is 10.8 Å². The highest BCUT2D eigenvalue weighted by Gasteiger charge is 2.27. The first-order valence-corrected chi connectivity index (χ1v) is 12.1. The van der Waals surface area contributed by atoms with Gasteiger partial charge in [0.15, 0.2) is 23.0 Å². The average molecular weight is 538 g/mol. The van der Waals surface area contributed by atoms with Gasteiger partial charge in [0.05, 0.1) is 54.4 Å². The summed E-state index contributed by atoms with van der Waals surface area (Å²) in [5, 5.41) is 0.810. The second-order valence-corrected chi connectivity index (χ2v) is 8.49. The van der Waals surface area contributed by atoms with Gasteiger partial charge in [-0.15, -0.1) is 0 Å². The Hall–Kier alpha value is -4.67. The summed E-state index contributed by atoms with van der Waals surface area (Å²) in [5.74, 6) is 1.26. The number of ether oxygens (including phenoxy) is 6. The van der Waals surface area contributed by atoms with Gasteiger partial charge in [-0.3, -0.25) is 4.79 Å². The van der Waals surface area contributed by atoms with Crippen molar-refractivity contribution in [2.45, 2.75) is 19.5 Å². The molecule has 0 saturated carbocycles. The molecule has 0 N–H and O–H groups in total. The first kappa shape index (κ1) is 27.4. The second kappa shape index (κ2) is 11.8. The van der Waals surface area contributed by atoms with Crippen molar-refractivity contribution in [2.24, 2.45) is 0 Å². The molecule has 0 saturated heterocycles. The van der Waals surface area contributed by atoms with Crippen LogP contribution in [0.15, 0.2) is 47.8 Å². The molecule has 0 aliphatic heterocycles. The number of nitrogens with zero attached hydrogens (tertiary/aromatic N) is 3. The Morgan fingerprint density at radius 2 is 1.41 bits per heavy atom. The minimum Gasteiger partial charge on any atom is -0.493 e. The van der Waals surface area contributed by atoms with E-state index in [0.29, 0.717) is 63.6 Å². The fraction of sp³-hybridized carbons (Fsp3) is 0.321. The van der Waals surface area contributed by atoms with E-state index in [1.165, 1.54) is 47.2 Å². The number of hydrogen-bond acceptors (Lipinski definition) is 9. The summed E-state index contributed by atoms with van der Waals surface area (Å²) in [7, 11) is 8.79. The van der Waals surface area contributed by atoms with Crippen molar-refractivity contribution in [3.63, 3.8) is 0 Å². The maximum absolute atomic E-state index is 13.9. The molecule has 0 spiro atoms. The SMILES string of the molecule is COC(=O)c1c(-c2cc(OC)c(OC)c(OC)c2)c2cc(OC)c(OC)cc2c(=O)n1CCCn1ccnc1. The number of methoxy groups -OCH3 is 6. The van der Waals surface area contributed by atoms with Gasteiger partial charge in [-0.25, -0.2) is 9.78 Å². The lowest BCUT2D eigenvalue weighted by Gasteiger charge is -2.21. The minimum atomic E-state index is -0.671. The molecule has 39 heavy (non-hydrogen) atoms. The van der Waals surface area contributed by atoms with Gasteiger partial charge in [-0.1, -0.05) is 0 Å². The van der Waals surface area contributed by atoms with E-state index in [-0.39, 0.29) is 17.8 Å². The Kier molecular flexibility index (Phi) is 8.28. The number of fused-ring (bicyclic) bond motifs is 1. The monoisotopic (exact) mass is 537 g/mol. The second-order valence-electron chi connectivity index (χ2n) is 8.49. The molecule has 0 aliphatic rings. The smallest absolute Gasteiger partial charge is 0.355 e. The Morgan fingerprint density at radius 3 is 1.92 bits per heavy atom. The maximum atomic E-state index is 13.9. The average Bonchev–Trinajstić information content (AvgIpc) is 3.49. The highest BCUT2D eigenvalue weighted by Crippen LogP contribution is 2.44. The maximum Gasteiger partial charge on any atom is 0.355 e. The summed E-state index contributed by atoms with van der Waals surface area (Å²) < 4.78 is 36.2. The molecule has 11 heteroatoms. The lowest BCUT2D eigenvalue weighted by molar-refractivity contribution is 0.0587. The van der Waals surface area contributed by atoms with Crippen molar-refractivity contribution in [1.82, 2.24) is 14.1 Å². The number of aryl methyl sites for hydroxylation is 1. The first-order chi connectivity index (χ1) is 18.9. The van der Waals surface area contributed by atoms with Crippen molar-refractivity contribution in [2.75, 3.05) is 42.7 Å². The van der Waals surface area contributed by atoms with Crippen LogP contribution in [0.4, 0.5) is 0 Å². The Balaban J connectivity index is 2.09. The van der Waals surface area contributed by atoms with E-state index in [9.17, 15) is 9.59 Å². The van der Waals surface area contributed by atoms with Gasteiger partial charge < -0.3 is 37.6 Å². The number of aromatic nitrogens is 3. The first-order valence-electron chi connectivity index (χ1n) is 12.1. The van der Waals surface area contributed by atoms with Crippen LogP contribution in [-0.4, -0.2) is 62.7 Å². The summed E-state index contributed by atoms with van der Waals surface area (Å²) in [6.45, 7) is 0.833. The fourth-order valence-electron chi connectivity index (χ4n) is 4.64. The van der Waals surface area contributed by atoms with Crippen LogP contribution in [-0.2, 0) is 17.8 Å². The summed E-state index contributed by atoms with van der Waals surface area (Å²) >= 11 is 0. The quantitative estimate of drug-likeness (QED) is 0.264. The van der Waals surface area contributed by atoms with E-state index in [2.05, 4.69) is 4.98 Å². The summed E-state index contributed by atoms with van der Waals surface area (Å²) in [4.78, 5) is 31.4. The van der Waals surface area contributed by atoms with Crippen LogP contribution in [0.3, 0.4) is 0 Å². The topological polar surface area (TPSA) is 112 Å². The van der Waals surface area contributed by atoms with E-state index in [0.717, 1.165) is 0 Å². The molecule has 0 radical (unpaired) electrons. The van der Waals surface area contributed by atoms with Crippen molar-refractivity contribution >= 4 is 16.7 Å². The molecule has 0 amide bonds. The molecule has 0 aliphatic carbocycles. The number of carbonyl (C=O) groups is 1. The van der Waals surface area contributed by atoms with E-state index in [4.69, 9.17) is 28.4 Å². The van der Waals surface area contributed by atoms with Crippen LogP contribution in [0.25, 0.3) is 21.9 Å². The van der Waals surface area contributed by atoms with Crippen molar-refractivity contribution in [3.8, 4) is 39.9 Å². The normalized spacial score (nSPS) is 10.8. The summed E-state index contributed by atoms with van der Waals surface area (Å²) in [5.41, 5.74) is 0.708. The zero-order valence-electron chi connectivity index (χ0n) is 22.8. The van der Waals surface area contributed by atoms with Crippen LogP contribution in [0.5, 0.6) is 28.7 Å². The molecule has 0 fully saturated rings. The fourth-order valence-corrected chi connectivity index (χ4v) is 4.64. The Morgan fingerprint density at radius 1 is 0.795 bits per heavy atom. The van der Waals surface area contributed by atoms with Crippen LogP contribution in [0, 0.1) is 0 Å². The van der Waals surface area contributed by atoms with Gasteiger partial charge >= 0.3 is 5.97 Å². The van der Waals surface area contributed by atoms with Gasteiger partial charge in [0.2, 0.25) is 5.75 Å². The molecule has 2 heterocycles. The lowest BCUT2D eigenvalue weighted by atomic mass is 9.95. The van der Waals surface area contributed by atoms with Crippen LogP contribution in [0.1, 0.15) is 16.9 Å². The van der Waals surface area contributed by atoms with Crippen LogP contribution >= 0.6 is 0 Å². The van der Waals surface area contributed by atoms with Crippen LogP contribution in [0.2, 0.25) is 0 Å². The third-order valence-electron chi connectivity index (χ3n) is 6.46. The molecule has 2 aromatic heterocycles. The number of benzene rings is 2. The zero-order valence-corrected chi connectivity index (χ0v) is 22.8. The molecule has 4 aromatic rings. The summed E-state index contributed by atoms with van der Waals surface area (Å²) in [6.07, 6.45) is 5.77. The third-order valence-corrected chi connectivity index (χ3v) is 6.46. The van der Waals surface area contributed by atoms with Gasteiger partial charge in [-0.2, -0.15) is 0 Å². The summed E-state index contributed by atoms with van der Waals surface area (Å²) in [6, 6.07) is 6.74. The third kappa shape index (κ3) is 5.07. The number of carbonyl (C=O) groups excluding carboxylic acids is 1. The van der Waals surface area contributed by atoms with Crippen molar-refractivity contribution < 1.29 is 33.2 Å². The van der Waals surface area contributed by atoms with Crippen molar-refractivity contribution in [3.05, 3.63) is 59.0 Å². The molecule has 0 atom stereocenters. The van der Waals surface area contributed by atoms with Gasteiger partial charge in [0.1, 0.15) is 5.69 Å². The molecular formula is C28H31N3O8. The molecule has 11 nitrogen and oxygen atoms in total. The van der Waals surface area contributed by atoms with Gasteiger partial charge in [0, 0.05) is 36.4 Å². The van der Waals surface area contributed by atoms with E-state index < -0.39 is 5.97 Å². The molecule has 0 bridgehead atoms. The van der Waals surface area contributed by atoms with E-state index in [1.54, 1.807) is 36.8 Å². The molecule has 206 valence electrons. The Bertz CT molecular complexity index is 1520. The largest absolute Gasteiger partial charge is 0.493 e. The number of imidazole rings is 1. The van der Waals surface area contributed by atoms with Crippen LogP contribution < -0.4 is 29.2 Å². The van der Waals surface area contributed by atoms with E-state index >= 15 is 0 Å². The number of rotatable bonds is 11. The van der Waals surface area contributed by atoms with Crippen molar-refractivity contribution in [1.29, 1.82) is 0 Å². The highest BCUT2D eigenvalue weighted by atomic mass is 16.5. The Labute approximate surface area is 225 Å². The molecule has 0 unspecified atom stereocenters. The minimum absolute atomic E-state index is 0.0853. The van der Waals surface area contributed by atoms with Gasteiger partial charge in [-0.05, 0) is 36.2 Å². The lowest BCUT2D eigenvalue weighted by Crippen LogP contribution is -2.28. The number of pyridine rings is 1. The van der Waals surface area contributed by atoms with Gasteiger partial charge in [0.25, 0.3) is 5.56 Å². The number of hydrogen-bond donors (Lipinski definition) is 0. The highest BCUT2D eigenvalue weighted by molar-refractivity contribution is 6.08. The molecule has 4 rings (SSSR count). The number of esters is 1. The zero-order chi connectivity index (χ0) is 28.1.